The highest BCUT2D eigenvalue weighted by Crippen LogP contribution is 2.19. The molecule has 94 valence electrons. The standard InChI is InChI=1S/C13H20N2O2/c1-4-10(5-2)15-11-7-6-8-12(9-11)17-13(16)14-3/h6-10,15H,4-5H2,1-3H3,(H,14,16). The Morgan fingerprint density at radius 1 is 1.35 bits per heavy atom. The molecule has 1 aromatic carbocycles. The molecule has 0 aromatic heterocycles. The third-order valence-electron chi connectivity index (χ3n) is 2.61. The quantitative estimate of drug-likeness (QED) is 0.826. The lowest BCUT2D eigenvalue weighted by molar-refractivity contribution is 0.203. The number of nitrogens with one attached hydrogen (secondary N) is 2. The van der Waals surface area contributed by atoms with Crippen molar-refractivity contribution in [2.75, 3.05) is 12.4 Å². The molecule has 0 unspecified atom stereocenters. The van der Waals surface area contributed by atoms with Crippen LogP contribution in [0.15, 0.2) is 24.3 Å². The van der Waals surface area contributed by atoms with Crippen molar-refractivity contribution in [1.29, 1.82) is 0 Å². The van der Waals surface area contributed by atoms with Crippen LogP contribution in [0.4, 0.5) is 10.5 Å². The second-order valence-electron chi connectivity index (χ2n) is 3.83. The molecule has 1 rings (SSSR count). The van der Waals surface area contributed by atoms with Crippen LogP contribution < -0.4 is 15.4 Å². The lowest BCUT2D eigenvalue weighted by Gasteiger charge is -2.16. The van der Waals surface area contributed by atoms with Crippen molar-refractivity contribution in [1.82, 2.24) is 5.32 Å². The molecule has 0 aliphatic rings. The fourth-order valence-electron chi connectivity index (χ4n) is 1.54. The number of rotatable bonds is 5. The second-order valence-corrected chi connectivity index (χ2v) is 3.83. The van der Waals surface area contributed by atoms with Gasteiger partial charge in [-0.05, 0) is 25.0 Å². The summed E-state index contributed by atoms with van der Waals surface area (Å²) in [4.78, 5) is 11.1. The highest BCUT2D eigenvalue weighted by Gasteiger charge is 2.05. The van der Waals surface area contributed by atoms with Crippen LogP contribution in [-0.2, 0) is 0 Å². The summed E-state index contributed by atoms with van der Waals surface area (Å²) >= 11 is 0. The lowest BCUT2D eigenvalue weighted by Crippen LogP contribution is -2.22. The predicted octanol–water partition coefficient (Wildman–Crippen LogP) is 3.01. The van der Waals surface area contributed by atoms with Crippen LogP contribution in [0.2, 0.25) is 0 Å². The molecule has 17 heavy (non-hydrogen) atoms. The van der Waals surface area contributed by atoms with E-state index >= 15 is 0 Å². The monoisotopic (exact) mass is 236 g/mol. The summed E-state index contributed by atoms with van der Waals surface area (Å²) in [7, 11) is 1.54. The highest BCUT2D eigenvalue weighted by molar-refractivity contribution is 5.70. The summed E-state index contributed by atoms with van der Waals surface area (Å²) in [5.41, 5.74) is 0.972. The zero-order valence-corrected chi connectivity index (χ0v) is 10.6. The first-order valence-electron chi connectivity index (χ1n) is 5.95. The van der Waals surface area contributed by atoms with Crippen LogP contribution in [0.5, 0.6) is 5.75 Å². The minimum absolute atomic E-state index is 0.449. The van der Waals surface area contributed by atoms with Gasteiger partial charge in [-0.15, -0.1) is 0 Å². The van der Waals surface area contributed by atoms with E-state index in [1.165, 1.54) is 7.05 Å². The van der Waals surface area contributed by atoms with E-state index in [4.69, 9.17) is 4.74 Å². The molecule has 0 fully saturated rings. The summed E-state index contributed by atoms with van der Waals surface area (Å²) in [5.74, 6) is 0.542. The number of hydrogen-bond acceptors (Lipinski definition) is 3. The average molecular weight is 236 g/mol. The Hall–Kier alpha value is -1.71. The first kappa shape index (κ1) is 13.4. The molecule has 0 radical (unpaired) electrons. The molecule has 0 saturated heterocycles. The maximum absolute atomic E-state index is 11.1. The first-order chi connectivity index (χ1) is 8.19. The molecule has 0 atom stereocenters. The lowest BCUT2D eigenvalue weighted by atomic mass is 10.1. The van der Waals surface area contributed by atoms with Crippen LogP contribution in [0.3, 0.4) is 0 Å². The van der Waals surface area contributed by atoms with E-state index in [9.17, 15) is 4.79 Å². The summed E-state index contributed by atoms with van der Waals surface area (Å²) < 4.78 is 5.06. The van der Waals surface area contributed by atoms with Gasteiger partial charge in [0.2, 0.25) is 0 Å². The van der Waals surface area contributed by atoms with E-state index < -0.39 is 6.09 Å². The number of benzene rings is 1. The maximum atomic E-state index is 11.1. The zero-order valence-electron chi connectivity index (χ0n) is 10.6. The van der Waals surface area contributed by atoms with Crippen molar-refractivity contribution >= 4 is 11.8 Å². The van der Waals surface area contributed by atoms with Crippen molar-refractivity contribution in [3.63, 3.8) is 0 Å². The first-order valence-corrected chi connectivity index (χ1v) is 5.95. The van der Waals surface area contributed by atoms with Crippen molar-refractivity contribution in [2.45, 2.75) is 32.7 Å². The van der Waals surface area contributed by atoms with E-state index in [0.717, 1.165) is 18.5 Å². The molecular weight excluding hydrogens is 216 g/mol. The normalized spacial score (nSPS) is 10.1. The molecule has 1 amide bonds. The molecule has 0 aliphatic carbocycles. The van der Waals surface area contributed by atoms with E-state index in [2.05, 4.69) is 24.5 Å². The van der Waals surface area contributed by atoms with Gasteiger partial charge in [0.25, 0.3) is 0 Å². The molecule has 0 heterocycles. The Labute approximate surface area is 102 Å². The van der Waals surface area contributed by atoms with E-state index in [1.54, 1.807) is 6.07 Å². The second kappa shape index (κ2) is 6.78. The molecule has 2 N–H and O–H groups in total. The van der Waals surface area contributed by atoms with Gasteiger partial charge in [-0.3, -0.25) is 0 Å². The van der Waals surface area contributed by atoms with Crippen LogP contribution in [0.1, 0.15) is 26.7 Å². The zero-order chi connectivity index (χ0) is 12.7. The van der Waals surface area contributed by atoms with Crippen LogP contribution in [-0.4, -0.2) is 19.2 Å². The van der Waals surface area contributed by atoms with Crippen LogP contribution in [0, 0.1) is 0 Å². The van der Waals surface area contributed by atoms with Crippen molar-refractivity contribution < 1.29 is 9.53 Å². The highest BCUT2D eigenvalue weighted by atomic mass is 16.5. The third-order valence-corrected chi connectivity index (χ3v) is 2.61. The van der Waals surface area contributed by atoms with Crippen LogP contribution >= 0.6 is 0 Å². The van der Waals surface area contributed by atoms with Crippen LogP contribution in [0.25, 0.3) is 0 Å². The Morgan fingerprint density at radius 2 is 2.06 bits per heavy atom. The number of amides is 1. The van der Waals surface area contributed by atoms with Gasteiger partial charge in [0, 0.05) is 24.8 Å². The Kier molecular flexibility index (Phi) is 5.33. The number of anilines is 1. The Bertz CT molecular complexity index is 362. The Balaban J connectivity index is 2.68. The van der Waals surface area contributed by atoms with Crippen molar-refractivity contribution in [3.8, 4) is 5.75 Å². The smallest absolute Gasteiger partial charge is 0.410 e. The van der Waals surface area contributed by atoms with Gasteiger partial charge < -0.3 is 15.4 Å². The molecule has 1 aromatic rings. The molecule has 4 heteroatoms. The number of carbonyl (C=O) groups is 1. The van der Waals surface area contributed by atoms with Gasteiger partial charge in [0.05, 0.1) is 0 Å². The van der Waals surface area contributed by atoms with E-state index in [-0.39, 0.29) is 0 Å². The minimum Gasteiger partial charge on any atom is -0.410 e. The van der Waals surface area contributed by atoms with Gasteiger partial charge >= 0.3 is 6.09 Å². The number of ether oxygens (including phenoxy) is 1. The minimum atomic E-state index is -0.454. The van der Waals surface area contributed by atoms with Crippen molar-refractivity contribution in [3.05, 3.63) is 24.3 Å². The summed E-state index contributed by atoms with van der Waals surface area (Å²) in [6.45, 7) is 4.29. The SMILES string of the molecule is CCC(CC)Nc1cccc(OC(=O)NC)c1. The topological polar surface area (TPSA) is 50.4 Å². The van der Waals surface area contributed by atoms with Gasteiger partial charge in [-0.2, -0.15) is 0 Å². The summed E-state index contributed by atoms with van der Waals surface area (Å²) in [6.07, 6.45) is 1.68. The number of carbonyl (C=O) groups excluding carboxylic acids is 1. The predicted molar refractivity (Wildman–Crippen MR) is 69.5 cm³/mol. The summed E-state index contributed by atoms with van der Waals surface area (Å²) in [5, 5.41) is 5.81. The molecule has 0 spiro atoms. The van der Waals surface area contributed by atoms with Gasteiger partial charge in [-0.25, -0.2) is 4.79 Å². The third kappa shape index (κ3) is 4.34. The Morgan fingerprint density at radius 3 is 2.65 bits per heavy atom. The largest absolute Gasteiger partial charge is 0.412 e. The molecule has 0 bridgehead atoms. The molecule has 4 nitrogen and oxygen atoms in total. The fraction of sp³-hybridized carbons (Fsp3) is 0.462. The van der Waals surface area contributed by atoms with E-state index in [1.807, 2.05) is 18.2 Å². The number of hydrogen-bond donors (Lipinski definition) is 2. The maximum Gasteiger partial charge on any atom is 0.412 e. The van der Waals surface area contributed by atoms with Gasteiger partial charge in [0.1, 0.15) is 5.75 Å². The van der Waals surface area contributed by atoms with Crippen molar-refractivity contribution in [2.24, 2.45) is 0 Å². The van der Waals surface area contributed by atoms with E-state index in [0.29, 0.717) is 11.8 Å². The molecule has 0 saturated carbocycles. The average Bonchev–Trinajstić information content (AvgIpc) is 2.36. The fourth-order valence-corrected chi connectivity index (χ4v) is 1.54. The van der Waals surface area contributed by atoms with Gasteiger partial charge in [0.15, 0.2) is 0 Å². The molecule has 0 aliphatic heterocycles. The molecular formula is C13H20N2O2. The summed E-state index contributed by atoms with van der Waals surface area (Å²) in [6, 6.07) is 7.86. The van der Waals surface area contributed by atoms with Gasteiger partial charge in [-0.1, -0.05) is 19.9 Å².